The highest BCUT2D eigenvalue weighted by atomic mass is 19.4. The van der Waals surface area contributed by atoms with Crippen molar-refractivity contribution in [2.45, 2.75) is 109 Å². The Labute approximate surface area is 226 Å². The number of allylic oxidation sites excluding steroid dienone is 2. The van der Waals surface area contributed by atoms with Crippen LogP contribution in [0.5, 0.6) is 0 Å². The Hall–Kier alpha value is -2.29. The van der Waals surface area contributed by atoms with Crippen molar-refractivity contribution >= 4 is 12.1 Å². The van der Waals surface area contributed by atoms with Crippen molar-refractivity contribution in [1.29, 1.82) is 0 Å². The molecule has 0 N–H and O–H groups in total. The van der Waals surface area contributed by atoms with Crippen LogP contribution in [-0.4, -0.2) is 59.6 Å². The minimum atomic E-state index is -4.54. The quantitative estimate of drug-likeness (QED) is 0.121. The van der Waals surface area contributed by atoms with E-state index in [4.69, 9.17) is 14.2 Å². The van der Waals surface area contributed by atoms with Crippen LogP contribution in [0.2, 0.25) is 0 Å². The fourth-order valence-corrected chi connectivity index (χ4v) is 4.10. The Kier molecular flexibility index (Phi) is 12.6. The number of nitrogens with zero attached hydrogens (tertiary/aromatic N) is 1. The smallest absolute Gasteiger partial charge is 0.414 e. The molecule has 1 atom stereocenters. The fraction of sp³-hybridized carbons (Fsp3) is 0.724. The highest BCUT2D eigenvalue weighted by molar-refractivity contribution is 5.73. The van der Waals surface area contributed by atoms with E-state index in [-0.39, 0.29) is 31.4 Å². The number of esters is 1. The number of alkyl halides is 3. The van der Waals surface area contributed by atoms with Crippen LogP contribution in [-0.2, 0) is 19.0 Å². The number of likely N-dealkylation sites (tertiary alicyclic amines) is 1. The van der Waals surface area contributed by atoms with Crippen molar-refractivity contribution < 1.29 is 37.0 Å². The van der Waals surface area contributed by atoms with Gasteiger partial charge in [-0.15, -0.1) is 6.58 Å². The zero-order valence-electron chi connectivity index (χ0n) is 23.9. The predicted octanol–water partition coefficient (Wildman–Crippen LogP) is 7.54. The third-order valence-electron chi connectivity index (χ3n) is 6.29. The minimum Gasteiger partial charge on any atom is -0.460 e. The van der Waals surface area contributed by atoms with Crippen LogP contribution in [0, 0.1) is 5.92 Å². The number of rotatable bonds is 15. The predicted molar refractivity (Wildman–Crippen MR) is 143 cm³/mol. The molecule has 0 aliphatic carbocycles. The average molecular weight is 546 g/mol. The largest absolute Gasteiger partial charge is 0.460 e. The maximum atomic E-state index is 12.8. The van der Waals surface area contributed by atoms with Gasteiger partial charge < -0.3 is 19.1 Å². The summed E-state index contributed by atoms with van der Waals surface area (Å²) in [5.74, 6) is -0.558. The lowest BCUT2D eigenvalue weighted by molar-refractivity contribution is -0.161. The Morgan fingerprint density at radius 1 is 1.05 bits per heavy atom. The van der Waals surface area contributed by atoms with Gasteiger partial charge in [-0.2, -0.15) is 13.2 Å². The first-order valence-corrected chi connectivity index (χ1v) is 13.3. The van der Waals surface area contributed by atoms with E-state index in [1.807, 2.05) is 33.8 Å². The summed E-state index contributed by atoms with van der Waals surface area (Å²) in [5, 5.41) is 0. The highest BCUT2D eigenvalue weighted by Gasteiger charge is 2.48. The van der Waals surface area contributed by atoms with Crippen molar-refractivity contribution in [3.8, 4) is 0 Å². The molecule has 0 bridgehead atoms. The van der Waals surface area contributed by atoms with Gasteiger partial charge in [-0.1, -0.05) is 31.2 Å². The van der Waals surface area contributed by atoms with E-state index in [1.165, 1.54) is 4.90 Å². The number of carbonyl (C=O) groups is 2. The normalized spacial score (nSPS) is 16.6. The number of unbranched alkanes of at least 4 members (excludes halogenated alkanes) is 2. The SMILES string of the molecule is C=CCC1(OCC(=C)C(F)(F)F)CN(C(=O)OC(C)(C)CCC(CCCCC=CC)C(=O)OC(C)(C)C)C1. The topological polar surface area (TPSA) is 65.1 Å². The Morgan fingerprint density at radius 3 is 2.21 bits per heavy atom. The number of halogens is 3. The molecule has 38 heavy (non-hydrogen) atoms. The average Bonchev–Trinajstić information content (AvgIpc) is 2.74. The lowest BCUT2D eigenvalue weighted by atomic mass is 9.90. The molecule has 1 aliphatic heterocycles. The molecule has 0 aromatic heterocycles. The van der Waals surface area contributed by atoms with Crippen LogP contribution < -0.4 is 0 Å². The van der Waals surface area contributed by atoms with Crippen molar-refractivity contribution in [2.75, 3.05) is 19.7 Å². The third-order valence-corrected chi connectivity index (χ3v) is 6.29. The molecule has 1 aliphatic rings. The fourth-order valence-electron chi connectivity index (χ4n) is 4.10. The van der Waals surface area contributed by atoms with E-state index in [1.54, 1.807) is 19.9 Å². The molecule has 0 saturated carbocycles. The second-order valence-corrected chi connectivity index (χ2v) is 11.7. The van der Waals surface area contributed by atoms with Crippen LogP contribution in [0.3, 0.4) is 0 Å². The first-order valence-electron chi connectivity index (χ1n) is 13.3. The number of amides is 1. The van der Waals surface area contributed by atoms with Gasteiger partial charge in [-0.05, 0) is 80.1 Å². The lowest BCUT2D eigenvalue weighted by Gasteiger charge is -2.49. The van der Waals surface area contributed by atoms with Crippen LogP contribution in [0.15, 0.2) is 37.0 Å². The van der Waals surface area contributed by atoms with Crippen LogP contribution in [0.25, 0.3) is 0 Å². The number of carbonyl (C=O) groups excluding carboxylic acids is 2. The van der Waals surface area contributed by atoms with Crippen LogP contribution in [0.4, 0.5) is 18.0 Å². The summed E-state index contributed by atoms with van der Waals surface area (Å²) in [6.07, 6.45) is 5.29. The molecule has 1 saturated heterocycles. The van der Waals surface area contributed by atoms with E-state index in [0.29, 0.717) is 19.3 Å². The van der Waals surface area contributed by atoms with E-state index >= 15 is 0 Å². The minimum absolute atomic E-state index is 0.0891. The molecule has 0 aromatic carbocycles. The van der Waals surface area contributed by atoms with Crippen molar-refractivity contribution in [2.24, 2.45) is 5.92 Å². The first kappa shape index (κ1) is 33.7. The lowest BCUT2D eigenvalue weighted by Crippen LogP contribution is -2.65. The number of ether oxygens (including phenoxy) is 3. The van der Waals surface area contributed by atoms with Gasteiger partial charge in [0.1, 0.15) is 16.8 Å². The molecule has 1 heterocycles. The van der Waals surface area contributed by atoms with Crippen molar-refractivity contribution in [3.05, 3.63) is 37.0 Å². The van der Waals surface area contributed by atoms with E-state index in [0.717, 1.165) is 19.3 Å². The van der Waals surface area contributed by atoms with Gasteiger partial charge >= 0.3 is 18.2 Å². The number of hydrogen-bond donors (Lipinski definition) is 0. The van der Waals surface area contributed by atoms with E-state index in [9.17, 15) is 22.8 Å². The molecule has 6 nitrogen and oxygen atoms in total. The monoisotopic (exact) mass is 545 g/mol. The Bertz CT molecular complexity index is 836. The van der Waals surface area contributed by atoms with Gasteiger partial charge in [-0.3, -0.25) is 4.79 Å². The summed E-state index contributed by atoms with van der Waals surface area (Å²) in [6.45, 7) is 17.2. The molecular formula is C29H46F3NO5. The van der Waals surface area contributed by atoms with Crippen LogP contribution in [0.1, 0.15) is 86.5 Å². The summed E-state index contributed by atoms with van der Waals surface area (Å²) in [5.41, 5.74) is -3.38. The maximum Gasteiger partial charge on any atom is 0.414 e. The second-order valence-electron chi connectivity index (χ2n) is 11.7. The molecule has 1 amide bonds. The van der Waals surface area contributed by atoms with E-state index in [2.05, 4.69) is 19.2 Å². The van der Waals surface area contributed by atoms with Gasteiger partial charge in [0.2, 0.25) is 0 Å². The van der Waals surface area contributed by atoms with Gasteiger partial charge in [-0.25, -0.2) is 4.79 Å². The molecule has 1 unspecified atom stereocenters. The summed E-state index contributed by atoms with van der Waals surface area (Å²) in [4.78, 5) is 27.0. The van der Waals surface area contributed by atoms with Crippen molar-refractivity contribution in [1.82, 2.24) is 4.90 Å². The standard InChI is InChI=1S/C29H46F3NO5/c1-9-11-12-13-14-15-23(24(34)37-26(4,5)6)16-18-27(7,8)38-25(35)33-20-28(21-33,17-10-2)36-19-22(3)29(30,31)32/h9-11,23H,2-3,12-21H2,1,4-8H3. The molecule has 218 valence electrons. The van der Waals surface area contributed by atoms with Gasteiger partial charge in [0, 0.05) is 0 Å². The number of hydrogen-bond acceptors (Lipinski definition) is 5. The third kappa shape index (κ3) is 12.0. The summed E-state index contributed by atoms with van der Waals surface area (Å²) in [7, 11) is 0. The molecule has 0 radical (unpaired) electrons. The summed E-state index contributed by atoms with van der Waals surface area (Å²) in [6, 6.07) is 0. The molecule has 0 aromatic rings. The molecule has 1 fully saturated rings. The molecule has 0 spiro atoms. The first-order chi connectivity index (χ1) is 17.4. The second kappa shape index (κ2) is 14.2. The van der Waals surface area contributed by atoms with Crippen molar-refractivity contribution in [3.63, 3.8) is 0 Å². The maximum absolute atomic E-state index is 12.8. The Morgan fingerprint density at radius 2 is 1.68 bits per heavy atom. The zero-order valence-corrected chi connectivity index (χ0v) is 23.9. The van der Waals surface area contributed by atoms with Gasteiger partial charge in [0.05, 0.1) is 31.2 Å². The highest BCUT2D eigenvalue weighted by Crippen LogP contribution is 2.34. The van der Waals surface area contributed by atoms with Gasteiger partial charge in [0.15, 0.2) is 0 Å². The van der Waals surface area contributed by atoms with Gasteiger partial charge in [0.25, 0.3) is 0 Å². The Balaban J connectivity index is 2.69. The molecule has 9 heteroatoms. The van der Waals surface area contributed by atoms with E-state index < -0.39 is 41.3 Å². The molecular weight excluding hydrogens is 499 g/mol. The molecule has 1 rings (SSSR count). The van der Waals surface area contributed by atoms with Crippen LogP contribution >= 0.6 is 0 Å². The zero-order chi connectivity index (χ0) is 29.2. The summed E-state index contributed by atoms with van der Waals surface area (Å²) < 4.78 is 55.2. The summed E-state index contributed by atoms with van der Waals surface area (Å²) >= 11 is 0.